The molecule has 0 saturated carbocycles. The second-order valence-corrected chi connectivity index (χ2v) is 6.29. The van der Waals surface area contributed by atoms with Gasteiger partial charge in [-0.1, -0.05) is 6.07 Å². The Kier molecular flexibility index (Phi) is 6.08. The maximum absolute atomic E-state index is 12.4. The lowest BCUT2D eigenvalue weighted by Crippen LogP contribution is -2.15. The lowest BCUT2D eigenvalue weighted by atomic mass is 10.1. The summed E-state index contributed by atoms with van der Waals surface area (Å²) in [6.45, 7) is 2.53. The van der Waals surface area contributed by atoms with Crippen molar-refractivity contribution in [3.05, 3.63) is 45.8 Å². The maximum atomic E-state index is 12.4. The van der Waals surface area contributed by atoms with Gasteiger partial charge in [-0.25, -0.2) is 4.79 Å². The molecule has 1 amide bonds. The van der Waals surface area contributed by atoms with Crippen LogP contribution in [0.25, 0.3) is 0 Å². The lowest BCUT2D eigenvalue weighted by molar-refractivity contribution is -0.0498. The van der Waals surface area contributed by atoms with E-state index in [4.69, 9.17) is 4.74 Å². The summed E-state index contributed by atoms with van der Waals surface area (Å²) < 4.78 is 33.9. The number of amides is 1. The monoisotopic (exact) mass is 369 g/mol. The summed E-state index contributed by atoms with van der Waals surface area (Å²) >= 11 is 1.25. The first-order valence-corrected chi connectivity index (χ1v) is 8.28. The highest BCUT2D eigenvalue weighted by molar-refractivity contribution is 7.16. The zero-order valence-corrected chi connectivity index (χ0v) is 14.7. The molecule has 0 spiro atoms. The van der Waals surface area contributed by atoms with Gasteiger partial charge in [-0.3, -0.25) is 4.79 Å². The van der Waals surface area contributed by atoms with E-state index >= 15 is 0 Å². The van der Waals surface area contributed by atoms with Crippen LogP contribution in [-0.4, -0.2) is 25.1 Å². The highest BCUT2D eigenvalue weighted by atomic mass is 32.1. The number of alkyl halides is 2. The number of carbonyl (C=O) groups is 2. The van der Waals surface area contributed by atoms with Gasteiger partial charge in [0.1, 0.15) is 10.8 Å². The molecule has 1 N–H and O–H groups in total. The minimum atomic E-state index is -2.98. The van der Waals surface area contributed by atoms with E-state index in [0.717, 1.165) is 10.4 Å². The Bertz CT molecular complexity index is 789. The van der Waals surface area contributed by atoms with E-state index in [1.807, 2.05) is 6.92 Å². The molecule has 2 rings (SSSR count). The number of carbonyl (C=O) groups excluding carboxylic acids is 2. The van der Waals surface area contributed by atoms with Gasteiger partial charge in [0.2, 0.25) is 0 Å². The fraction of sp³-hybridized carbons (Fsp3) is 0.294. The van der Waals surface area contributed by atoms with Gasteiger partial charge >= 0.3 is 12.6 Å². The van der Waals surface area contributed by atoms with Gasteiger partial charge in [-0.05, 0) is 44.5 Å². The number of ether oxygens (including phenoxy) is 2. The van der Waals surface area contributed by atoms with Gasteiger partial charge in [0.25, 0.3) is 5.91 Å². The van der Waals surface area contributed by atoms with Crippen LogP contribution in [0.3, 0.4) is 0 Å². The predicted molar refractivity (Wildman–Crippen MR) is 90.8 cm³/mol. The molecule has 1 heterocycles. The standard InChI is InChI=1S/C17H17F2NO4S/c1-4-23-16(22)13-9(2)10(3)25-15(13)20-14(21)11-6-5-7-12(8-11)24-17(18)19/h5-8,17H,4H2,1-3H3,(H,20,21). The summed E-state index contributed by atoms with van der Waals surface area (Å²) in [5.74, 6) is -1.17. The van der Waals surface area contributed by atoms with Crippen LogP contribution in [0, 0.1) is 13.8 Å². The van der Waals surface area contributed by atoms with Crippen molar-refractivity contribution >= 4 is 28.2 Å². The topological polar surface area (TPSA) is 64.6 Å². The summed E-state index contributed by atoms with van der Waals surface area (Å²) in [5, 5.41) is 3.00. The molecule has 0 saturated heterocycles. The smallest absolute Gasteiger partial charge is 0.387 e. The summed E-state index contributed by atoms with van der Waals surface area (Å²) in [4.78, 5) is 25.4. The molecule has 0 bridgehead atoms. The fourth-order valence-electron chi connectivity index (χ4n) is 2.15. The normalized spacial score (nSPS) is 10.6. The first kappa shape index (κ1) is 18.9. The fourth-order valence-corrected chi connectivity index (χ4v) is 3.20. The number of rotatable bonds is 6. The Morgan fingerprint density at radius 2 is 2.00 bits per heavy atom. The van der Waals surface area contributed by atoms with Crippen molar-refractivity contribution in [2.75, 3.05) is 11.9 Å². The van der Waals surface area contributed by atoms with E-state index in [9.17, 15) is 18.4 Å². The molecule has 5 nitrogen and oxygen atoms in total. The molecule has 0 fully saturated rings. The molecule has 0 unspecified atom stereocenters. The minimum Gasteiger partial charge on any atom is -0.462 e. The lowest BCUT2D eigenvalue weighted by Gasteiger charge is -2.09. The predicted octanol–water partition coefficient (Wildman–Crippen LogP) is 4.40. The van der Waals surface area contributed by atoms with Crippen LogP contribution in [-0.2, 0) is 4.74 Å². The average molecular weight is 369 g/mol. The zero-order chi connectivity index (χ0) is 18.6. The molecule has 0 atom stereocenters. The van der Waals surface area contributed by atoms with E-state index in [2.05, 4.69) is 10.1 Å². The third kappa shape index (κ3) is 4.54. The molecule has 0 aliphatic rings. The van der Waals surface area contributed by atoms with Gasteiger partial charge < -0.3 is 14.8 Å². The first-order valence-electron chi connectivity index (χ1n) is 7.46. The molecular weight excluding hydrogens is 352 g/mol. The number of halogens is 2. The highest BCUT2D eigenvalue weighted by Gasteiger charge is 2.22. The van der Waals surface area contributed by atoms with Crippen LogP contribution in [0.15, 0.2) is 24.3 Å². The van der Waals surface area contributed by atoms with Crippen molar-refractivity contribution in [1.82, 2.24) is 0 Å². The van der Waals surface area contributed by atoms with E-state index < -0.39 is 18.5 Å². The largest absolute Gasteiger partial charge is 0.462 e. The maximum Gasteiger partial charge on any atom is 0.387 e. The van der Waals surface area contributed by atoms with E-state index in [1.54, 1.807) is 13.8 Å². The summed E-state index contributed by atoms with van der Waals surface area (Å²) in [7, 11) is 0. The molecule has 8 heteroatoms. The molecule has 134 valence electrons. The highest BCUT2D eigenvalue weighted by Crippen LogP contribution is 2.33. The van der Waals surface area contributed by atoms with Crippen molar-refractivity contribution in [3.63, 3.8) is 0 Å². The van der Waals surface area contributed by atoms with Crippen LogP contribution >= 0.6 is 11.3 Å². The molecule has 0 radical (unpaired) electrons. The van der Waals surface area contributed by atoms with Gasteiger partial charge in [0.15, 0.2) is 0 Å². The SMILES string of the molecule is CCOC(=O)c1c(NC(=O)c2cccc(OC(F)F)c2)sc(C)c1C. The van der Waals surface area contributed by atoms with Crippen molar-refractivity contribution in [2.45, 2.75) is 27.4 Å². The Hall–Kier alpha value is -2.48. The van der Waals surface area contributed by atoms with Crippen molar-refractivity contribution in [3.8, 4) is 5.75 Å². The van der Waals surface area contributed by atoms with Crippen LogP contribution in [0.4, 0.5) is 13.8 Å². The van der Waals surface area contributed by atoms with Crippen LogP contribution in [0.5, 0.6) is 5.75 Å². The van der Waals surface area contributed by atoms with Crippen molar-refractivity contribution in [1.29, 1.82) is 0 Å². The number of anilines is 1. The van der Waals surface area contributed by atoms with Crippen LogP contribution < -0.4 is 10.1 Å². The van der Waals surface area contributed by atoms with E-state index in [1.165, 1.54) is 35.6 Å². The third-order valence-corrected chi connectivity index (χ3v) is 4.54. The van der Waals surface area contributed by atoms with Crippen molar-refractivity contribution in [2.24, 2.45) is 0 Å². The number of hydrogen-bond acceptors (Lipinski definition) is 5. The molecule has 2 aromatic rings. The summed E-state index contributed by atoms with van der Waals surface area (Å²) in [5.41, 5.74) is 1.17. The number of aryl methyl sites for hydroxylation is 1. The number of nitrogens with one attached hydrogen (secondary N) is 1. The Labute approximate surface area is 147 Å². The molecule has 1 aromatic heterocycles. The Balaban J connectivity index is 2.26. The number of thiophene rings is 1. The zero-order valence-electron chi connectivity index (χ0n) is 13.9. The first-order chi connectivity index (χ1) is 11.8. The number of esters is 1. The summed E-state index contributed by atoms with van der Waals surface area (Å²) in [6, 6.07) is 5.43. The molecule has 25 heavy (non-hydrogen) atoms. The van der Waals surface area contributed by atoms with Crippen molar-refractivity contribution < 1.29 is 27.8 Å². The van der Waals surface area contributed by atoms with E-state index in [0.29, 0.717) is 10.6 Å². The second-order valence-electron chi connectivity index (χ2n) is 5.07. The quantitative estimate of drug-likeness (QED) is 0.767. The molecule has 0 aliphatic heterocycles. The molecule has 1 aromatic carbocycles. The van der Waals surface area contributed by atoms with E-state index in [-0.39, 0.29) is 17.9 Å². The van der Waals surface area contributed by atoms with Crippen LogP contribution in [0.2, 0.25) is 0 Å². The van der Waals surface area contributed by atoms with Gasteiger partial charge in [-0.2, -0.15) is 8.78 Å². The average Bonchev–Trinajstić information content (AvgIpc) is 2.81. The molecule has 0 aliphatic carbocycles. The number of benzene rings is 1. The minimum absolute atomic E-state index is 0.119. The second kappa shape index (κ2) is 8.06. The van der Waals surface area contributed by atoms with Gasteiger partial charge in [0.05, 0.1) is 12.2 Å². The van der Waals surface area contributed by atoms with Gasteiger partial charge in [0, 0.05) is 10.4 Å². The van der Waals surface area contributed by atoms with Gasteiger partial charge in [-0.15, -0.1) is 11.3 Å². The summed E-state index contributed by atoms with van der Waals surface area (Å²) in [6.07, 6.45) is 0. The Morgan fingerprint density at radius 3 is 2.64 bits per heavy atom. The number of hydrogen-bond donors (Lipinski definition) is 1. The molecular formula is C17H17F2NO4S. The van der Waals surface area contributed by atoms with Crippen LogP contribution in [0.1, 0.15) is 38.1 Å². The third-order valence-electron chi connectivity index (χ3n) is 3.41. The Morgan fingerprint density at radius 1 is 1.28 bits per heavy atom.